The first kappa shape index (κ1) is 13.4. The Labute approximate surface area is 122 Å². The van der Waals surface area contributed by atoms with E-state index in [1.165, 1.54) is 18.4 Å². The van der Waals surface area contributed by atoms with Gasteiger partial charge in [-0.2, -0.15) is 0 Å². The van der Waals surface area contributed by atoms with Gasteiger partial charge in [0.15, 0.2) is 0 Å². The van der Waals surface area contributed by atoms with Crippen LogP contribution in [0.2, 0.25) is 5.02 Å². The van der Waals surface area contributed by atoms with Gasteiger partial charge in [-0.05, 0) is 34.1 Å². The van der Waals surface area contributed by atoms with Crippen molar-refractivity contribution in [3.63, 3.8) is 0 Å². The van der Waals surface area contributed by atoms with Crippen LogP contribution in [0, 0.1) is 0 Å². The standard InChI is InChI=1S/C12H9BrClNO2S/c1-17-8-4-2-3-7(15)10(8)11(16)9-5-6(14)12(13)18-9/h2-5H,15H2,1H3. The number of halogens is 2. The summed E-state index contributed by atoms with van der Waals surface area (Å²) < 4.78 is 5.89. The number of benzene rings is 1. The molecule has 0 aliphatic rings. The lowest BCUT2D eigenvalue weighted by molar-refractivity contribution is 0.104. The largest absolute Gasteiger partial charge is 0.496 e. The van der Waals surface area contributed by atoms with E-state index in [2.05, 4.69) is 15.9 Å². The highest BCUT2D eigenvalue weighted by Crippen LogP contribution is 2.35. The van der Waals surface area contributed by atoms with Gasteiger partial charge in [0.1, 0.15) is 5.75 Å². The summed E-state index contributed by atoms with van der Waals surface area (Å²) >= 11 is 10.5. The Morgan fingerprint density at radius 2 is 2.22 bits per heavy atom. The smallest absolute Gasteiger partial charge is 0.208 e. The molecule has 0 saturated heterocycles. The molecule has 1 aromatic carbocycles. The molecule has 0 saturated carbocycles. The first-order valence-electron chi connectivity index (χ1n) is 4.96. The summed E-state index contributed by atoms with van der Waals surface area (Å²) in [5, 5.41) is 0.511. The number of rotatable bonds is 3. The maximum atomic E-state index is 12.4. The molecule has 0 spiro atoms. The summed E-state index contributed by atoms with van der Waals surface area (Å²) in [6.45, 7) is 0. The maximum absolute atomic E-state index is 12.4. The number of hydrogen-bond acceptors (Lipinski definition) is 4. The lowest BCUT2D eigenvalue weighted by Gasteiger charge is -2.08. The van der Waals surface area contributed by atoms with E-state index in [0.717, 1.165) is 3.79 Å². The molecule has 6 heteroatoms. The predicted molar refractivity (Wildman–Crippen MR) is 77.9 cm³/mol. The Bertz CT molecular complexity index is 593. The summed E-state index contributed by atoms with van der Waals surface area (Å²) in [5.74, 6) is 0.267. The highest BCUT2D eigenvalue weighted by Gasteiger charge is 2.20. The van der Waals surface area contributed by atoms with Gasteiger partial charge >= 0.3 is 0 Å². The molecule has 0 fully saturated rings. The maximum Gasteiger partial charge on any atom is 0.208 e. The molecule has 18 heavy (non-hydrogen) atoms. The van der Waals surface area contributed by atoms with Crippen LogP contribution >= 0.6 is 38.9 Å². The quantitative estimate of drug-likeness (QED) is 0.675. The SMILES string of the molecule is COc1cccc(N)c1C(=O)c1cc(Cl)c(Br)s1. The van der Waals surface area contributed by atoms with Crippen LogP contribution < -0.4 is 10.5 Å². The second-order valence-electron chi connectivity index (χ2n) is 3.49. The third-order valence-electron chi connectivity index (χ3n) is 2.37. The second kappa shape index (κ2) is 5.30. The number of carbonyl (C=O) groups is 1. The number of ketones is 1. The van der Waals surface area contributed by atoms with Crippen molar-refractivity contribution in [2.75, 3.05) is 12.8 Å². The fourth-order valence-electron chi connectivity index (χ4n) is 1.54. The summed E-state index contributed by atoms with van der Waals surface area (Å²) in [6.07, 6.45) is 0. The Morgan fingerprint density at radius 1 is 1.50 bits per heavy atom. The molecule has 1 aromatic heterocycles. The number of ether oxygens (including phenoxy) is 1. The lowest BCUT2D eigenvalue weighted by Crippen LogP contribution is -2.06. The van der Waals surface area contributed by atoms with E-state index < -0.39 is 0 Å². The number of nitrogen functional groups attached to an aromatic ring is 1. The zero-order chi connectivity index (χ0) is 13.3. The van der Waals surface area contributed by atoms with E-state index in [9.17, 15) is 4.79 Å². The molecule has 0 bridgehead atoms. The normalized spacial score (nSPS) is 10.4. The van der Waals surface area contributed by atoms with Gasteiger partial charge in [-0.3, -0.25) is 4.79 Å². The van der Waals surface area contributed by atoms with Crippen molar-refractivity contribution in [2.24, 2.45) is 0 Å². The van der Waals surface area contributed by atoms with Crippen LogP contribution in [0.3, 0.4) is 0 Å². The van der Waals surface area contributed by atoms with Crippen molar-refractivity contribution < 1.29 is 9.53 Å². The van der Waals surface area contributed by atoms with Gasteiger partial charge < -0.3 is 10.5 Å². The van der Waals surface area contributed by atoms with Crippen LogP contribution in [0.15, 0.2) is 28.1 Å². The molecule has 0 aliphatic heterocycles. The molecule has 2 aromatic rings. The van der Waals surface area contributed by atoms with Crippen molar-refractivity contribution in [1.82, 2.24) is 0 Å². The average Bonchev–Trinajstić information content (AvgIpc) is 2.68. The third kappa shape index (κ3) is 2.39. The fourth-order valence-corrected chi connectivity index (χ4v) is 3.19. The van der Waals surface area contributed by atoms with Gasteiger partial charge in [-0.15, -0.1) is 11.3 Å². The molecular weight excluding hydrogens is 338 g/mol. The first-order chi connectivity index (χ1) is 8.54. The van der Waals surface area contributed by atoms with Crippen molar-refractivity contribution in [3.05, 3.63) is 43.5 Å². The average molecular weight is 347 g/mol. The second-order valence-corrected chi connectivity index (χ2v) is 6.26. The molecule has 0 unspecified atom stereocenters. The molecule has 2 rings (SSSR count). The number of carbonyl (C=O) groups excluding carboxylic acids is 1. The minimum absolute atomic E-state index is 0.192. The minimum atomic E-state index is -0.192. The number of hydrogen-bond donors (Lipinski definition) is 1. The molecule has 94 valence electrons. The Kier molecular flexibility index (Phi) is 3.94. The summed E-state index contributed by atoms with van der Waals surface area (Å²) in [5.41, 5.74) is 6.59. The Hall–Kier alpha value is -1.04. The molecule has 1 heterocycles. The van der Waals surface area contributed by atoms with E-state index in [1.54, 1.807) is 24.3 Å². The fraction of sp³-hybridized carbons (Fsp3) is 0.0833. The van der Waals surface area contributed by atoms with Crippen molar-refractivity contribution in [2.45, 2.75) is 0 Å². The van der Waals surface area contributed by atoms with Crippen molar-refractivity contribution >= 4 is 50.3 Å². The number of thiophene rings is 1. The van der Waals surface area contributed by atoms with E-state index in [1.807, 2.05) is 0 Å². The van der Waals surface area contributed by atoms with Crippen LogP contribution in [-0.4, -0.2) is 12.9 Å². The van der Waals surface area contributed by atoms with Crippen molar-refractivity contribution in [3.8, 4) is 5.75 Å². The number of anilines is 1. The zero-order valence-corrected chi connectivity index (χ0v) is 12.5. The molecule has 0 amide bonds. The first-order valence-corrected chi connectivity index (χ1v) is 6.95. The highest BCUT2D eigenvalue weighted by molar-refractivity contribution is 9.11. The van der Waals surface area contributed by atoms with E-state index in [0.29, 0.717) is 26.9 Å². The summed E-state index contributed by atoms with van der Waals surface area (Å²) in [7, 11) is 1.50. The van der Waals surface area contributed by atoms with Crippen LogP contribution in [0.25, 0.3) is 0 Å². The van der Waals surface area contributed by atoms with Gasteiger partial charge in [0.05, 0.1) is 26.4 Å². The van der Waals surface area contributed by atoms with E-state index in [4.69, 9.17) is 22.1 Å². The van der Waals surface area contributed by atoms with Gasteiger partial charge in [-0.1, -0.05) is 17.7 Å². The van der Waals surface area contributed by atoms with Crippen LogP contribution in [0.1, 0.15) is 15.2 Å². The topological polar surface area (TPSA) is 52.3 Å². The minimum Gasteiger partial charge on any atom is -0.496 e. The molecule has 2 N–H and O–H groups in total. The zero-order valence-electron chi connectivity index (χ0n) is 9.37. The molecule has 3 nitrogen and oxygen atoms in total. The lowest BCUT2D eigenvalue weighted by atomic mass is 10.1. The van der Waals surface area contributed by atoms with Gasteiger partial charge in [0.25, 0.3) is 0 Å². The van der Waals surface area contributed by atoms with Gasteiger partial charge in [0.2, 0.25) is 5.78 Å². The monoisotopic (exact) mass is 345 g/mol. The molecular formula is C12H9BrClNO2S. The van der Waals surface area contributed by atoms with Crippen LogP contribution in [0.5, 0.6) is 5.75 Å². The highest BCUT2D eigenvalue weighted by atomic mass is 79.9. The van der Waals surface area contributed by atoms with Gasteiger partial charge in [0, 0.05) is 5.69 Å². The molecule has 0 atom stereocenters. The van der Waals surface area contributed by atoms with Crippen LogP contribution in [-0.2, 0) is 0 Å². The summed E-state index contributed by atoms with van der Waals surface area (Å²) in [6, 6.07) is 6.72. The van der Waals surface area contributed by atoms with Gasteiger partial charge in [-0.25, -0.2) is 0 Å². The Balaban J connectivity index is 2.52. The van der Waals surface area contributed by atoms with Crippen molar-refractivity contribution in [1.29, 1.82) is 0 Å². The summed E-state index contributed by atoms with van der Waals surface area (Å²) in [4.78, 5) is 12.9. The van der Waals surface area contributed by atoms with E-state index >= 15 is 0 Å². The van der Waals surface area contributed by atoms with E-state index in [-0.39, 0.29) is 5.78 Å². The third-order valence-corrected chi connectivity index (χ3v) is 4.85. The molecule has 0 aliphatic carbocycles. The predicted octanol–water partition coefficient (Wildman–Crippen LogP) is 3.99. The van der Waals surface area contributed by atoms with Crippen LogP contribution in [0.4, 0.5) is 5.69 Å². The molecule has 0 radical (unpaired) electrons. The number of methoxy groups -OCH3 is 1. The number of nitrogens with two attached hydrogens (primary N) is 1. The Morgan fingerprint density at radius 3 is 2.78 bits per heavy atom.